The Kier molecular flexibility index (Phi) is 4.62. The van der Waals surface area contributed by atoms with Crippen molar-refractivity contribution in [1.82, 2.24) is 5.32 Å². The maximum absolute atomic E-state index is 12.9. The van der Waals surface area contributed by atoms with Gasteiger partial charge in [-0.3, -0.25) is 4.79 Å². The third-order valence-corrected chi connectivity index (χ3v) is 4.08. The number of phenolic OH excluding ortho intramolecular Hbond substituents is 2. The standard InChI is InChI=1S/C19H16FNO5/c1-10-14(8-17(24)21-9-11-2-4-12(20)5-3-11)19(25)26-16-7-13(22)6-15(23)18(10)16/h2-7,22-23H,8-9H2,1H3,(H,21,24). The van der Waals surface area contributed by atoms with Crippen molar-refractivity contribution in [3.8, 4) is 11.5 Å². The Labute approximate surface area is 147 Å². The molecule has 3 rings (SSSR count). The van der Waals surface area contributed by atoms with Crippen LogP contribution < -0.4 is 10.9 Å². The topological polar surface area (TPSA) is 99.8 Å². The van der Waals surface area contributed by atoms with E-state index in [1.807, 2.05) is 0 Å². The van der Waals surface area contributed by atoms with Gasteiger partial charge in [0.1, 0.15) is 22.9 Å². The number of halogens is 1. The largest absolute Gasteiger partial charge is 0.508 e. The molecule has 7 heteroatoms. The molecule has 0 aliphatic rings. The number of rotatable bonds is 4. The minimum atomic E-state index is -0.711. The quantitative estimate of drug-likeness (QED) is 0.623. The van der Waals surface area contributed by atoms with Crippen LogP contribution in [0.4, 0.5) is 4.39 Å². The summed E-state index contributed by atoms with van der Waals surface area (Å²) in [6, 6.07) is 8.05. The number of carbonyl (C=O) groups is 1. The average molecular weight is 357 g/mol. The summed E-state index contributed by atoms with van der Waals surface area (Å²) in [6.45, 7) is 1.79. The van der Waals surface area contributed by atoms with Gasteiger partial charge < -0.3 is 19.9 Å². The zero-order chi connectivity index (χ0) is 18.8. The smallest absolute Gasteiger partial charge is 0.340 e. The van der Waals surface area contributed by atoms with Gasteiger partial charge in [0.2, 0.25) is 5.91 Å². The Hall–Kier alpha value is -3.35. The van der Waals surface area contributed by atoms with Gasteiger partial charge in [-0.25, -0.2) is 9.18 Å². The van der Waals surface area contributed by atoms with Crippen LogP contribution in [0.5, 0.6) is 11.5 Å². The van der Waals surface area contributed by atoms with E-state index in [0.717, 1.165) is 11.6 Å². The van der Waals surface area contributed by atoms with Gasteiger partial charge in [0.05, 0.1) is 17.4 Å². The molecule has 0 atom stereocenters. The highest BCUT2D eigenvalue weighted by atomic mass is 19.1. The number of carbonyl (C=O) groups excluding carboxylic acids is 1. The molecule has 3 aromatic rings. The molecule has 2 aromatic carbocycles. The molecule has 26 heavy (non-hydrogen) atoms. The number of benzene rings is 2. The highest BCUT2D eigenvalue weighted by Gasteiger charge is 2.17. The maximum atomic E-state index is 12.9. The molecular formula is C19H16FNO5. The van der Waals surface area contributed by atoms with Gasteiger partial charge in [0.15, 0.2) is 0 Å². The maximum Gasteiger partial charge on any atom is 0.340 e. The summed E-state index contributed by atoms with van der Waals surface area (Å²) in [5.41, 5.74) is 0.577. The third-order valence-electron chi connectivity index (χ3n) is 4.08. The van der Waals surface area contributed by atoms with Gasteiger partial charge in [0, 0.05) is 18.7 Å². The van der Waals surface area contributed by atoms with E-state index in [2.05, 4.69) is 5.32 Å². The Bertz CT molecular complexity index is 1040. The number of amides is 1. The first-order valence-electron chi connectivity index (χ1n) is 7.84. The van der Waals surface area contributed by atoms with Crippen molar-refractivity contribution < 1.29 is 23.8 Å². The number of aryl methyl sites for hydroxylation is 1. The molecule has 1 aromatic heterocycles. The molecule has 0 spiro atoms. The first kappa shape index (κ1) is 17.5. The minimum Gasteiger partial charge on any atom is -0.508 e. The predicted molar refractivity (Wildman–Crippen MR) is 92.5 cm³/mol. The zero-order valence-electron chi connectivity index (χ0n) is 13.9. The summed E-state index contributed by atoms with van der Waals surface area (Å²) < 4.78 is 18.0. The van der Waals surface area contributed by atoms with Gasteiger partial charge in [-0.2, -0.15) is 0 Å². The third kappa shape index (κ3) is 3.51. The fourth-order valence-electron chi connectivity index (χ4n) is 2.74. The summed E-state index contributed by atoms with van der Waals surface area (Å²) in [4.78, 5) is 24.3. The van der Waals surface area contributed by atoms with Crippen LogP contribution in [-0.4, -0.2) is 16.1 Å². The molecule has 0 aliphatic heterocycles. The van der Waals surface area contributed by atoms with E-state index in [9.17, 15) is 24.2 Å². The van der Waals surface area contributed by atoms with E-state index >= 15 is 0 Å². The summed E-state index contributed by atoms with van der Waals surface area (Å²) in [5.74, 6) is -1.26. The Morgan fingerprint density at radius 2 is 1.88 bits per heavy atom. The summed E-state index contributed by atoms with van der Waals surface area (Å²) in [6.07, 6.45) is -0.231. The van der Waals surface area contributed by atoms with Crippen molar-refractivity contribution in [3.05, 3.63) is 69.3 Å². The summed E-state index contributed by atoms with van der Waals surface area (Å²) in [7, 11) is 0. The fourth-order valence-corrected chi connectivity index (χ4v) is 2.74. The van der Waals surface area contributed by atoms with Gasteiger partial charge in [-0.05, 0) is 30.2 Å². The van der Waals surface area contributed by atoms with Crippen LogP contribution in [-0.2, 0) is 17.8 Å². The van der Waals surface area contributed by atoms with Gasteiger partial charge in [0.25, 0.3) is 0 Å². The molecule has 0 bridgehead atoms. The molecule has 0 fully saturated rings. The molecule has 1 amide bonds. The van der Waals surface area contributed by atoms with E-state index in [4.69, 9.17) is 4.42 Å². The van der Waals surface area contributed by atoms with Crippen molar-refractivity contribution in [1.29, 1.82) is 0 Å². The van der Waals surface area contributed by atoms with Crippen molar-refractivity contribution in [2.45, 2.75) is 19.9 Å². The van der Waals surface area contributed by atoms with Crippen LogP contribution in [0.1, 0.15) is 16.7 Å². The van der Waals surface area contributed by atoms with Crippen LogP contribution in [0.3, 0.4) is 0 Å². The summed E-state index contributed by atoms with van der Waals surface area (Å²) >= 11 is 0. The number of hydrogen-bond donors (Lipinski definition) is 3. The number of aromatic hydroxyl groups is 2. The second-order valence-corrected chi connectivity index (χ2v) is 5.91. The van der Waals surface area contributed by atoms with Gasteiger partial charge in [-0.15, -0.1) is 0 Å². The van der Waals surface area contributed by atoms with E-state index < -0.39 is 11.5 Å². The van der Waals surface area contributed by atoms with E-state index in [1.54, 1.807) is 19.1 Å². The van der Waals surface area contributed by atoms with Gasteiger partial charge >= 0.3 is 5.63 Å². The minimum absolute atomic E-state index is 0.0421. The van der Waals surface area contributed by atoms with E-state index in [0.29, 0.717) is 5.56 Å². The van der Waals surface area contributed by atoms with Crippen LogP contribution >= 0.6 is 0 Å². The lowest BCUT2D eigenvalue weighted by Gasteiger charge is -2.10. The molecule has 0 saturated carbocycles. The zero-order valence-corrected chi connectivity index (χ0v) is 13.9. The molecular weight excluding hydrogens is 341 g/mol. The van der Waals surface area contributed by atoms with Crippen molar-refractivity contribution >= 4 is 16.9 Å². The SMILES string of the molecule is Cc1c(CC(=O)NCc2ccc(F)cc2)c(=O)oc2cc(O)cc(O)c12. The normalized spacial score (nSPS) is 10.8. The van der Waals surface area contributed by atoms with E-state index in [-0.39, 0.29) is 46.8 Å². The number of hydrogen-bond acceptors (Lipinski definition) is 5. The van der Waals surface area contributed by atoms with Crippen LogP contribution in [0.15, 0.2) is 45.6 Å². The van der Waals surface area contributed by atoms with Crippen molar-refractivity contribution in [3.63, 3.8) is 0 Å². The molecule has 3 N–H and O–H groups in total. The summed E-state index contributed by atoms with van der Waals surface area (Å²) in [5, 5.41) is 22.4. The molecule has 134 valence electrons. The van der Waals surface area contributed by atoms with Crippen molar-refractivity contribution in [2.24, 2.45) is 0 Å². The lowest BCUT2D eigenvalue weighted by atomic mass is 10.0. The second-order valence-electron chi connectivity index (χ2n) is 5.91. The van der Waals surface area contributed by atoms with Crippen molar-refractivity contribution in [2.75, 3.05) is 0 Å². The highest BCUT2D eigenvalue weighted by molar-refractivity contribution is 5.89. The Morgan fingerprint density at radius 3 is 2.58 bits per heavy atom. The van der Waals surface area contributed by atoms with E-state index in [1.165, 1.54) is 18.2 Å². The number of phenols is 2. The lowest BCUT2D eigenvalue weighted by Crippen LogP contribution is -2.27. The second kappa shape index (κ2) is 6.87. The molecule has 6 nitrogen and oxygen atoms in total. The highest BCUT2D eigenvalue weighted by Crippen LogP contribution is 2.32. The van der Waals surface area contributed by atoms with Crippen LogP contribution in [0.25, 0.3) is 11.0 Å². The molecule has 0 unspecified atom stereocenters. The Morgan fingerprint density at radius 1 is 1.19 bits per heavy atom. The predicted octanol–water partition coefficient (Wildman–Crippen LogP) is 2.51. The molecule has 1 heterocycles. The lowest BCUT2D eigenvalue weighted by molar-refractivity contribution is -0.120. The average Bonchev–Trinajstić information content (AvgIpc) is 2.57. The molecule has 0 radical (unpaired) electrons. The van der Waals surface area contributed by atoms with Crippen LogP contribution in [0.2, 0.25) is 0 Å². The van der Waals surface area contributed by atoms with Gasteiger partial charge in [-0.1, -0.05) is 12.1 Å². The first-order chi connectivity index (χ1) is 12.3. The number of nitrogens with one attached hydrogen (secondary N) is 1. The first-order valence-corrected chi connectivity index (χ1v) is 7.84. The fraction of sp³-hybridized carbons (Fsp3) is 0.158. The number of fused-ring (bicyclic) bond motifs is 1. The van der Waals surface area contributed by atoms with Crippen LogP contribution in [0, 0.1) is 12.7 Å². The monoisotopic (exact) mass is 357 g/mol. The molecule has 0 aliphatic carbocycles. The Balaban J connectivity index is 1.83. The molecule has 0 saturated heterocycles.